The van der Waals surface area contributed by atoms with Crippen LogP contribution in [0.3, 0.4) is 0 Å². The third-order valence-electron chi connectivity index (χ3n) is 5.57. The quantitative estimate of drug-likeness (QED) is 0.621. The molecule has 0 aliphatic carbocycles. The summed E-state index contributed by atoms with van der Waals surface area (Å²) in [6.07, 6.45) is 1.31. The van der Waals surface area contributed by atoms with Crippen molar-refractivity contribution >= 4 is 24.9 Å². The van der Waals surface area contributed by atoms with E-state index in [0.29, 0.717) is 36.0 Å². The van der Waals surface area contributed by atoms with Crippen molar-refractivity contribution in [3.05, 3.63) is 95.3 Å². The second-order valence-electron chi connectivity index (χ2n) is 7.55. The number of amides is 1. The molecule has 7 heteroatoms. The minimum absolute atomic E-state index is 0.385. The van der Waals surface area contributed by atoms with E-state index in [2.05, 4.69) is 5.32 Å². The smallest absolute Gasteiger partial charge is 0.250 e. The highest BCUT2D eigenvalue weighted by molar-refractivity contribution is 6.32. The lowest BCUT2D eigenvalue weighted by Gasteiger charge is -2.30. The second-order valence-corrected chi connectivity index (χ2v) is 7.55. The van der Waals surface area contributed by atoms with Gasteiger partial charge in [0.1, 0.15) is 37.0 Å². The van der Waals surface area contributed by atoms with Crippen LogP contribution >= 0.6 is 0 Å². The Morgan fingerprint density at radius 1 is 0.935 bits per heavy atom. The van der Waals surface area contributed by atoms with E-state index in [1.165, 1.54) is 12.1 Å². The van der Waals surface area contributed by atoms with E-state index in [0.717, 1.165) is 12.1 Å². The van der Waals surface area contributed by atoms with E-state index in [1.54, 1.807) is 47.4 Å². The summed E-state index contributed by atoms with van der Waals surface area (Å²) >= 11 is 0. The van der Waals surface area contributed by atoms with Crippen LogP contribution in [0.4, 0.5) is 18.9 Å². The first kappa shape index (κ1) is 21.0. The molecule has 1 heterocycles. The van der Waals surface area contributed by atoms with Crippen LogP contribution in [0.15, 0.2) is 66.7 Å². The number of carbonyl (C=O) groups excluding carboxylic acids is 1. The number of halogens is 3. The van der Waals surface area contributed by atoms with Gasteiger partial charge in [0.25, 0.3) is 0 Å². The molecule has 31 heavy (non-hydrogen) atoms. The van der Waals surface area contributed by atoms with E-state index in [9.17, 15) is 18.0 Å². The number of hydrogen-bond acceptors (Lipinski definition) is 2. The van der Waals surface area contributed by atoms with Gasteiger partial charge in [-0.2, -0.15) is 0 Å². The van der Waals surface area contributed by atoms with Crippen LogP contribution in [0.2, 0.25) is 0 Å². The number of carbonyl (C=O) groups is 1. The molecule has 0 bridgehead atoms. The first-order chi connectivity index (χ1) is 15.0. The lowest BCUT2D eigenvalue weighted by Crippen LogP contribution is -2.38. The molecular formula is C24H20BF3N2O. The Kier molecular flexibility index (Phi) is 6.02. The van der Waals surface area contributed by atoms with Crippen LogP contribution in [-0.2, 0) is 4.79 Å². The van der Waals surface area contributed by atoms with Crippen molar-refractivity contribution in [2.24, 2.45) is 0 Å². The Morgan fingerprint density at radius 2 is 1.58 bits per heavy atom. The Morgan fingerprint density at radius 3 is 2.26 bits per heavy atom. The summed E-state index contributed by atoms with van der Waals surface area (Å²) in [4.78, 5) is 15.2. The molecule has 3 aromatic rings. The summed E-state index contributed by atoms with van der Waals surface area (Å²) in [6, 6.07) is 14.8. The summed E-state index contributed by atoms with van der Waals surface area (Å²) in [5.41, 5.74) is 1.04. The third-order valence-corrected chi connectivity index (χ3v) is 5.57. The molecule has 0 saturated carbocycles. The molecule has 1 fully saturated rings. The van der Waals surface area contributed by atoms with Crippen LogP contribution in [0.1, 0.15) is 36.1 Å². The van der Waals surface area contributed by atoms with E-state index in [-0.39, 0.29) is 11.5 Å². The van der Waals surface area contributed by atoms with Gasteiger partial charge in [-0.1, -0.05) is 54.0 Å². The third kappa shape index (κ3) is 4.31. The van der Waals surface area contributed by atoms with Gasteiger partial charge in [0.05, 0.1) is 6.04 Å². The van der Waals surface area contributed by atoms with E-state index in [1.807, 2.05) is 0 Å². The van der Waals surface area contributed by atoms with E-state index >= 15 is 0 Å². The van der Waals surface area contributed by atoms with Crippen molar-refractivity contribution in [1.29, 1.82) is 0 Å². The van der Waals surface area contributed by atoms with Gasteiger partial charge in [-0.15, -0.1) is 0 Å². The highest BCUT2D eigenvalue weighted by Gasteiger charge is 2.36. The molecule has 1 unspecified atom stereocenters. The maximum atomic E-state index is 14.4. The van der Waals surface area contributed by atoms with Gasteiger partial charge in [-0.25, -0.2) is 13.2 Å². The lowest BCUT2D eigenvalue weighted by molar-refractivity contribution is -0.133. The molecule has 156 valence electrons. The van der Waals surface area contributed by atoms with Gasteiger partial charge < -0.3 is 10.2 Å². The number of rotatable bonds is 5. The molecule has 1 aliphatic heterocycles. The van der Waals surface area contributed by atoms with Crippen LogP contribution in [0.25, 0.3) is 0 Å². The van der Waals surface area contributed by atoms with Crippen molar-refractivity contribution in [2.45, 2.75) is 24.9 Å². The van der Waals surface area contributed by atoms with Crippen molar-refractivity contribution in [1.82, 2.24) is 4.90 Å². The Hall–Kier alpha value is -3.22. The monoisotopic (exact) mass is 420 g/mol. The Balaban J connectivity index is 1.71. The van der Waals surface area contributed by atoms with Crippen LogP contribution in [0.5, 0.6) is 0 Å². The standard InChI is InChI=1S/C24H20BF3N2O/c25-16-12-10-15(11-13-16)22(29-23-19(27)7-3-8-20(23)28)24(31)30-14-4-9-21(30)17-5-1-2-6-18(17)26/h1-3,5-8,10-13,21-22,29H,4,9,14H2/t21-,22?/m0/s1. The first-order valence-electron chi connectivity index (χ1n) is 10.1. The number of nitrogens with one attached hydrogen (secondary N) is 1. The van der Waals surface area contributed by atoms with Crippen LogP contribution < -0.4 is 10.8 Å². The molecule has 4 rings (SSSR count). The fourth-order valence-corrected chi connectivity index (χ4v) is 4.02. The van der Waals surface area contributed by atoms with Crippen molar-refractivity contribution in [3.63, 3.8) is 0 Å². The molecule has 1 amide bonds. The molecule has 0 spiro atoms. The van der Waals surface area contributed by atoms with Crippen LogP contribution in [0, 0.1) is 17.5 Å². The van der Waals surface area contributed by atoms with Gasteiger partial charge in [-0.05, 0) is 36.6 Å². The van der Waals surface area contributed by atoms with Crippen molar-refractivity contribution in [2.75, 3.05) is 11.9 Å². The minimum atomic E-state index is -1.07. The number of nitrogens with zero attached hydrogens (tertiary/aromatic N) is 1. The number of likely N-dealkylation sites (tertiary alicyclic amines) is 1. The SMILES string of the molecule is [B]c1ccc(C(Nc2c(F)cccc2F)C(=O)N2CCC[C@H]2c2ccccc2F)cc1. The average Bonchev–Trinajstić information content (AvgIpc) is 3.24. The summed E-state index contributed by atoms with van der Waals surface area (Å²) in [5.74, 6) is -2.39. The van der Waals surface area contributed by atoms with Gasteiger partial charge in [0, 0.05) is 12.1 Å². The summed E-state index contributed by atoms with van der Waals surface area (Å²) in [5, 5.41) is 2.74. The fraction of sp³-hybridized carbons (Fsp3) is 0.208. The molecule has 1 saturated heterocycles. The second kappa shape index (κ2) is 8.88. The molecule has 3 nitrogen and oxygen atoms in total. The molecule has 2 radical (unpaired) electrons. The molecule has 0 aromatic heterocycles. The largest absolute Gasteiger partial charge is 0.365 e. The molecule has 3 aromatic carbocycles. The van der Waals surface area contributed by atoms with Gasteiger partial charge in [-0.3, -0.25) is 4.79 Å². The minimum Gasteiger partial charge on any atom is -0.365 e. The van der Waals surface area contributed by atoms with Gasteiger partial charge in [0.2, 0.25) is 5.91 Å². The molecule has 2 atom stereocenters. The van der Waals surface area contributed by atoms with Gasteiger partial charge in [0.15, 0.2) is 0 Å². The van der Waals surface area contributed by atoms with Gasteiger partial charge >= 0.3 is 0 Å². The fourth-order valence-electron chi connectivity index (χ4n) is 4.02. The maximum Gasteiger partial charge on any atom is 0.250 e. The number of benzene rings is 3. The normalized spacial score (nSPS) is 16.9. The zero-order chi connectivity index (χ0) is 22.0. The maximum absolute atomic E-state index is 14.4. The predicted octanol–water partition coefficient (Wildman–Crippen LogP) is 4.41. The zero-order valence-corrected chi connectivity index (χ0v) is 16.7. The summed E-state index contributed by atoms with van der Waals surface area (Å²) < 4.78 is 43.1. The first-order valence-corrected chi connectivity index (χ1v) is 10.1. The lowest BCUT2D eigenvalue weighted by atomic mass is 9.93. The molecule has 1 aliphatic rings. The molecule has 1 N–H and O–H groups in total. The highest BCUT2D eigenvalue weighted by atomic mass is 19.1. The zero-order valence-electron chi connectivity index (χ0n) is 16.7. The number of hydrogen-bond donors (Lipinski definition) is 1. The average molecular weight is 420 g/mol. The number of anilines is 1. The number of para-hydroxylation sites is 1. The van der Waals surface area contributed by atoms with E-state index in [4.69, 9.17) is 7.85 Å². The topological polar surface area (TPSA) is 32.3 Å². The molecular weight excluding hydrogens is 400 g/mol. The van der Waals surface area contributed by atoms with Crippen molar-refractivity contribution in [3.8, 4) is 0 Å². The Labute approximate surface area is 180 Å². The highest BCUT2D eigenvalue weighted by Crippen LogP contribution is 2.36. The van der Waals surface area contributed by atoms with Crippen LogP contribution in [-0.4, -0.2) is 25.2 Å². The van der Waals surface area contributed by atoms with E-state index < -0.39 is 29.6 Å². The Bertz CT molecular complexity index is 1070. The summed E-state index contributed by atoms with van der Waals surface area (Å²) in [6.45, 7) is 0.421. The van der Waals surface area contributed by atoms with Crippen molar-refractivity contribution < 1.29 is 18.0 Å². The summed E-state index contributed by atoms with van der Waals surface area (Å²) in [7, 11) is 5.76. The predicted molar refractivity (Wildman–Crippen MR) is 115 cm³/mol.